The van der Waals surface area contributed by atoms with E-state index in [2.05, 4.69) is 31.7 Å². The number of Topliss-reactive ketones (excluding diaryl/α,β-unsaturated/α-hetero) is 2. The Morgan fingerprint density at radius 3 is 2.30 bits per heavy atom. The van der Waals surface area contributed by atoms with E-state index >= 15 is 0 Å². The lowest BCUT2D eigenvalue weighted by Crippen LogP contribution is -2.43. The summed E-state index contributed by atoms with van der Waals surface area (Å²) in [6, 6.07) is 27.6. The Bertz CT molecular complexity index is 1970. The SMILES string of the molecule is C=CC1CC1(CCC(=O)C1CC(Oc2cc(-c3ccccc3)c(CC)c3cc(OC)ccc23)CN1C(=O)OC(C)(C)C)C(=O)C(C)Cc1ccccc1. The molecule has 0 radical (unpaired) electrons. The van der Waals surface area contributed by atoms with Gasteiger partial charge in [-0.3, -0.25) is 14.5 Å². The summed E-state index contributed by atoms with van der Waals surface area (Å²) in [7, 11) is 1.66. The predicted molar refractivity (Wildman–Crippen MR) is 210 cm³/mol. The van der Waals surface area contributed by atoms with Gasteiger partial charge in [0.2, 0.25) is 0 Å². The minimum absolute atomic E-state index is 0.0412. The van der Waals surface area contributed by atoms with Crippen molar-refractivity contribution in [1.82, 2.24) is 4.90 Å². The number of carbonyl (C=O) groups is 3. The number of fused-ring (bicyclic) bond motifs is 1. The minimum atomic E-state index is -0.740. The summed E-state index contributed by atoms with van der Waals surface area (Å²) in [5.41, 5.74) is 3.10. The third kappa shape index (κ3) is 8.19. The number of rotatable bonds is 14. The summed E-state index contributed by atoms with van der Waals surface area (Å²) >= 11 is 0. The number of benzene rings is 4. The van der Waals surface area contributed by atoms with Gasteiger partial charge in [-0.1, -0.05) is 80.6 Å². The molecule has 7 heteroatoms. The van der Waals surface area contributed by atoms with Gasteiger partial charge in [0.15, 0.2) is 5.78 Å². The Labute approximate surface area is 314 Å². The standard InChI is InChI=1S/C46H53NO6/c1-8-33-28-46(33,43(49)30(3)24-31-16-12-10-13-17-31)23-22-41(48)40-26-35(29-47(40)44(50)53-45(4,5)6)52-42-27-38(32-18-14-11-15-19-32)36(9-2)39-25-34(51-7)20-21-37(39)42/h8,10-21,25,27,30,33,35,40H,1,9,22-24,26,28-29H2,2-7H3. The number of aryl methyl sites for hydroxylation is 1. The number of carbonyl (C=O) groups excluding carboxylic acids is 3. The van der Waals surface area contributed by atoms with Crippen LogP contribution in [0.25, 0.3) is 21.9 Å². The summed E-state index contributed by atoms with van der Waals surface area (Å²) in [4.78, 5) is 43.4. The molecule has 6 rings (SSSR count). The molecule has 0 bridgehead atoms. The highest BCUT2D eigenvalue weighted by Crippen LogP contribution is 2.58. The lowest BCUT2D eigenvalue weighted by Gasteiger charge is -2.28. The number of ketones is 2. The van der Waals surface area contributed by atoms with Crippen LogP contribution in [-0.4, -0.2) is 54.0 Å². The molecular weight excluding hydrogens is 663 g/mol. The van der Waals surface area contributed by atoms with E-state index in [1.54, 1.807) is 7.11 Å². The molecule has 5 unspecified atom stereocenters. The molecule has 2 fully saturated rings. The van der Waals surface area contributed by atoms with E-state index in [9.17, 15) is 14.4 Å². The van der Waals surface area contributed by atoms with Gasteiger partial charge in [0.05, 0.1) is 19.7 Å². The Morgan fingerprint density at radius 2 is 1.68 bits per heavy atom. The smallest absolute Gasteiger partial charge is 0.411 e. The highest BCUT2D eigenvalue weighted by Gasteiger charge is 2.58. The van der Waals surface area contributed by atoms with Crippen molar-refractivity contribution < 1.29 is 28.6 Å². The van der Waals surface area contributed by atoms with E-state index in [0.29, 0.717) is 31.4 Å². The normalized spacial score (nSPS) is 21.5. The number of allylic oxidation sites excluding steroid dienone is 1. The van der Waals surface area contributed by atoms with Crippen LogP contribution in [0.4, 0.5) is 4.79 Å². The predicted octanol–water partition coefficient (Wildman–Crippen LogP) is 9.82. The largest absolute Gasteiger partial charge is 0.497 e. The van der Waals surface area contributed by atoms with Crippen molar-refractivity contribution in [2.45, 2.75) is 90.9 Å². The monoisotopic (exact) mass is 715 g/mol. The zero-order chi connectivity index (χ0) is 37.9. The number of likely N-dealkylation sites (tertiary alicyclic amines) is 1. The molecule has 1 heterocycles. The van der Waals surface area contributed by atoms with Crippen molar-refractivity contribution in [1.29, 1.82) is 0 Å². The van der Waals surface area contributed by atoms with E-state index in [1.807, 2.05) is 101 Å². The molecule has 1 saturated heterocycles. The van der Waals surface area contributed by atoms with E-state index in [0.717, 1.165) is 39.6 Å². The van der Waals surface area contributed by atoms with Gasteiger partial charge in [0.1, 0.15) is 29.0 Å². The van der Waals surface area contributed by atoms with Crippen molar-refractivity contribution in [3.63, 3.8) is 0 Å². The summed E-state index contributed by atoms with van der Waals surface area (Å²) in [5, 5.41) is 1.98. The Hall–Kier alpha value is -4.91. The summed E-state index contributed by atoms with van der Waals surface area (Å²) in [5.74, 6) is 1.40. The molecular formula is C46H53NO6. The number of ether oxygens (including phenoxy) is 3. The average Bonchev–Trinajstić information content (AvgIpc) is 3.72. The average molecular weight is 716 g/mol. The Balaban J connectivity index is 1.26. The highest BCUT2D eigenvalue weighted by molar-refractivity contribution is 5.97. The number of hydrogen-bond acceptors (Lipinski definition) is 6. The molecule has 7 nitrogen and oxygen atoms in total. The lowest BCUT2D eigenvalue weighted by molar-refractivity contribution is -0.129. The number of hydrogen-bond donors (Lipinski definition) is 0. The highest BCUT2D eigenvalue weighted by atomic mass is 16.6. The molecule has 278 valence electrons. The first kappa shape index (κ1) is 37.8. The van der Waals surface area contributed by atoms with Crippen LogP contribution in [0, 0.1) is 17.3 Å². The molecule has 0 aromatic heterocycles. The fourth-order valence-corrected chi connectivity index (χ4v) is 8.20. The molecule has 53 heavy (non-hydrogen) atoms. The zero-order valence-electron chi connectivity index (χ0n) is 32.0. The summed E-state index contributed by atoms with van der Waals surface area (Å²) < 4.78 is 18.3. The third-order valence-electron chi connectivity index (χ3n) is 11.0. The molecule has 4 aromatic carbocycles. The maximum absolute atomic E-state index is 14.2. The molecule has 1 amide bonds. The van der Waals surface area contributed by atoms with E-state index in [1.165, 1.54) is 10.5 Å². The van der Waals surface area contributed by atoms with Gasteiger partial charge >= 0.3 is 6.09 Å². The third-order valence-corrected chi connectivity index (χ3v) is 11.0. The molecule has 0 N–H and O–H groups in total. The second-order valence-corrected chi connectivity index (χ2v) is 15.8. The number of methoxy groups -OCH3 is 1. The van der Waals surface area contributed by atoms with Gasteiger partial charge in [-0.05, 0) is 104 Å². The first-order chi connectivity index (χ1) is 25.4. The van der Waals surface area contributed by atoms with Gasteiger partial charge < -0.3 is 14.2 Å². The van der Waals surface area contributed by atoms with Crippen molar-refractivity contribution in [2.24, 2.45) is 17.3 Å². The van der Waals surface area contributed by atoms with Crippen LogP contribution in [0.5, 0.6) is 11.5 Å². The van der Waals surface area contributed by atoms with Gasteiger partial charge in [-0.15, -0.1) is 6.58 Å². The van der Waals surface area contributed by atoms with Crippen molar-refractivity contribution in [3.05, 3.63) is 109 Å². The maximum Gasteiger partial charge on any atom is 0.411 e. The van der Waals surface area contributed by atoms with E-state index < -0.39 is 29.3 Å². The maximum atomic E-state index is 14.2. The molecule has 1 aliphatic carbocycles. The molecule has 2 aliphatic rings. The fraction of sp³-hybridized carbons (Fsp3) is 0.413. The van der Waals surface area contributed by atoms with E-state index in [-0.39, 0.29) is 36.4 Å². The first-order valence-corrected chi connectivity index (χ1v) is 19.0. The fourth-order valence-electron chi connectivity index (χ4n) is 8.20. The molecule has 0 spiro atoms. The molecule has 5 atom stereocenters. The zero-order valence-corrected chi connectivity index (χ0v) is 32.0. The van der Waals surface area contributed by atoms with Crippen LogP contribution in [0.2, 0.25) is 0 Å². The second-order valence-electron chi connectivity index (χ2n) is 15.8. The molecule has 1 aliphatic heterocycles. The van der Waals surface area contributed by atoms with Gasteiger partial charge in [-0.25, -0.2) is 4.79 Å². The van der Waals surface area contributed by atoms with Crippen LogP contribution in [-0.2, 0) is 27.2 Å². The van der Waals surface area contributed by atoms with Crippen LogP contribution in [0.3, 0.4) is 0 Å². The van der Waals surface area contributed by atoms with Crippen LogP contribution < -0.4 is 9.47 Å². The van der Waals surface area contributed by atoms with Crippen LogP contribution >= 0.6 is 0 Å². The van der Waals surface area contributed by atoms with Crippen LogP contribution in [0.15, 0.2) is 97.6 Å². The molecule has 4 aromatic rings. The topological polar surface area (TPSA) is 82.1 Å². The van der Waals surface area contributed by atoms with Gasteiger partial charge in [-0.2, -0.15) is 0 Å². The van der Waals surface area contributed by atoms with Crippen molar-refractivity contribution >= 4 is 28.4 Å². The Kier molecular flexibility index (Phi) is 11.1. The van der Waals surface area contributed by atoms with Crippen molar-refractivity contribution in [2.75, 3.05) is 13.7 Å². The number of amides is 1. The van der Waals surface area contributed by atoms with Crippen LogP contribution in [0.1, 0.15) is 71.4 Å². The van der Waals surface area contributed by atoms with Crippen molar-refractivity contribution in [3.8, 4) is 22.6 Å². The quantitative estimate of drug-likeness (QED) is 0.121. The summed E-state index contributed by atoms with van der Waals surface area (Å²) in [6.07, 6.45) is 3.94. The lowest BCUT2D eigenvalue weighted by atomic mass is 9.82. The first-order valence-electron chi connectivity index (χ1n) is 19.0. The second kappa shape index (κ2) is 15.6. The minimum Gasteiger partial charge on any atom is -0.497 e. The van der Waals surface area contributed by atoms with Gasteiger partial charge in [0.25, 0.3) is 0 Å². The molecule has 1 saturated carbocycles. The number of nitrogens with zero attached hydrogens (tertiary/aromatic N) is 1. The van der Waals surface area contributed by atoms with E-state index in [4.69, 9.17) is 14.2 Å². The Morgan fingerprint density at radius 1 is 0.981 bits per heavy atom. The van der Waals surface area contributed by atoms with Gasteiger partial charge in [0, 0.05) is 29.6 Å². The summed E-state index contributed by atoms with van der Waals surface area (Å²) in [6.45, 7) is 13.8.